The molecule has 1 atom stereocenters. The van der Waals surface area contributed by atoms with Crippen molar-refractivity contribution in [2.45, 2.75) is 18.9 Å². The molecular weight excluding hydrogens is 208 g/mol. The molecule has 6 heteroatoms. The van der Waals surface area contributed by atoms with Crippen molar-refractivity contribution in [3.63, 3.8) is 0 Å². The van der Waals surface area contributed by atoms with E-state index in [1.807, 2.05) is 0 Å². The lowest BCUT2D eigenvalue weighted by atomic mass is 10.1. The quantitative estimate of drug-likeness (QED) is 0.548. The van der Waals surface area contributed by atoms with Gasteiger partial charge in [0.2, 0.25) is 5.91 Å². The number of carbonyl (C=O) groups is 2. The van der Waals surface area contributed by atoms with Crippen LogP contribution in [0.5, 0.6) is 0 Å². The van der Waals surface area contributed by atoms with Crippen LogP contribution < -0.4 is 16.4 Å². The van der Waals surface area contributed by atoms with Crippen molar-refractivity contribution < 1.29 is 9.59 Å². The van der Waals surface area contributed by atoms with Gasteiger partial charge in [-0.2, -0.15) is 0 Å². The Balaban J connectivity index is 1.99. The number of H-pyrrole nitrogens is 1. The Hall–Kier alpha value is -1.98. The number of amides is 2. The van der Waals surface area contributed by atoms with Crippen molar-refractivity contribution in [3.05, 3.63) is 18.0 Å². The minimum Gasteiger partial charge on any atom is -0.397 e. The molecule has 1 aliphatic heterocycles. The van der Waals surface area contributed by atoms with Crippen molar-refractivity contribution >= 4 is 17.5 Å². The van der Waals surface area contributed by atoms with Gasteiger partial charge in [0.15, 0.2) is 0 Å². The van der Waals surface area contributed by atoms with Gasteiger partial charge in [0.1, 0.15) is 11.7 Å². The molecule has 1 saturated heterocycles. The molecule has 0 saturated carbocycles. The molecular formula is C10H14N4O2. The molecule has 2 heterocycles. The van der Waals surface area contributed by atoms with Crippen molar-refractivity contribution in [1.29, 1.82) is 0 Å². The highest BCUT2D eigenvalue weighted by Gasteiger charge is 2.24. The van der Waals surface area contributed by atoms with E-state index in [4.69, 9.17) is 5.73 Å². The normalized spacial score (nSPS) is 20.2. The molecule has 86 valence electrons. The van der Waals surface area contributed by atoms with E-state index in [-0.39, 0.29) is 11.8 Å². The van der Waals surface area contributed by atoms with Gasteiger partial charge in [-0.25, -0.2) is 0 Å². The highest BCUT2D eigenvalue weighted by molar-refractivity contribution is 5.97. The van der Waals surface area contributed by atoms with E-state index in [1.165, 1.54) is 12.3 Å². The lowest BCUT2D eigenvalue weighted by Gasteiger charge is -2.22. The molecule has 16 heavy (non-hydrogen) atoms. The van der Waals surface area contributed by atoms with E-state index in [9.17, 15) is 9.59 Å². The largest absolute Gasteiger partial charge is 0.397 e. The Labute approximate surface area is 92.6 Å². The summed E-state index contributed by atoms with van der Waals surface area (Å²) in [7, 11) is 0. The summed E-state index contributed by atoms with van der Waals surface area (Å²) in [5.74, 6) is -0.433. The van der Waals surface area contributed by atoms with Crippen LogP contribution in [0.25, 0.3) is 0 Å². The Morgan fingerprint density at radius 2 is 2.38 bits per heavy atom. The Kier molecular flexibility index (Phi) is 2.80. The first-order chi connectivity index (χ1) is 7.66. The number of hydrogen-bond acceptors (Lipinski definition) is 3. The minimum atomic E-state index is -0.439. The van der Waals surface area contributed by atoms with Gasteiger partial charge in [-0.05, 0) is 18.9 Å². The van der Waals surface area contributed by atoms with E-state index in [2.05, 4.69) is 15.6 Å². The van der Waals surface area contributed by atoms with Crippen LogP contribution in [-0.2, 0) is 4.79 Å². The fraction of sp³-hybridized carbons (Fsp3) is 0.400. The third-order valence-corrected chi connectivity index (χ3v) is 2.54. The van der Waals surface area contributed by atoms with Gasteiger partial charge in [0.05, 0.1) is 0 Å². The fourth-order valence-electron chi connectivity index (χ4n) is 1.69. The average Bonchev–Trinajstić information content (AvgIpc) is 2.68. The van der Waals surface area contributed by atoms with Crippen LogP contribution in [0.3, 0.4) is 0 Å². The second kappa shape index (κ2) is 4.26. The topological polar surface area (TPSA) is 100 Å². The zero-order valence-electron chi connectivity index (χ0n) is 8.75. The van der Waals surface area contributed by atoms with Crippen molar-refractivity contribution in [2.24, 2.45) is 0 Å². The smallest absolute Gasteiger partial charge is 0.268 e. The number of rotatable bonds is 2. The van der Waals surface area contributed by atoms with Gasteiger partial charge >= 0.3 is 0 Å². The van der Waals surface area contributed by atoms with Crippen LogP contribution in [0.4, 0.5) is 5.69 Å². The molecule has 1 aliphatic rings. The Bertz CT molecular complexity index is 413. The fourth-order valence-corrected chi connectivity index (χ4v) is 1.69. The predicted octanol–water partition coefficient (Wildman–Crippen LogP) is -0.395. The second-order valence-electron chi connectivity index (χ2n) is 3.81. The van der Waals surface area contributed by atoms with Gasteiger partial charge in [-0.1, -0.05) is 0 Å². The van der Waals surface area contributed by atoms with Crippen molar-refractivity contribution in [3.8, 4) is 0 Å². The van der Waals surface area contributed by atoms with Crippen LogP contribution in [-0.4, -0.2) is 29.4 Å². The van der Waals surface area contributed by atoms with Crippen LogP contribution in [0.15, 0.2) is 12.3 Å². The molecule has 6 nitrogen and oxygen atoms in total. The zero-order valence-corrected chi connectivity index (χ0v) is 8.75. The summed E-state index contributed by atoms with van der Waals surface area (Å²) in [5, 5.41) is 5.37. The van der Waals surface area contributed by atoms with Crippen LogP contribution in [0.1, 0.15) is 23.3 Å². The predicted molar refractivity (Wildman–Crippen MR) is 58.7 cm³/mol. The minimum absolute atomic E-state index is 0.126. The maximum absolute atomic E-state index is 11.7. The molecule has 5 N–H and O–H groups in total. The zero-order chi connectivity index (χ0) is 11.5. The molecule has 1 fully saturated rings. The highest BCUT2D eigenvalue weighted by Crippen LogP contribution is 2.07. The number of anilines is 1. The van der Waals surface area contributed by atoms with E-state index >= 15 is 0 Å². The third kappa shape index (κ3) is 2.16. The molecule has 0 spiro atoms. The third-order valence-electron chi connectivity index (χ3n) is 2.54. The SMILES string of the molecule is Nc1c[nH]c(C(=O)NC2CCCNC2=O)c1. The molecule has 1 aromatic rings. The standard InChI is InChI=1S/C10H14N4O2/c11-6-4-8(13-5-6)10(16)14-7-2-1-3-12-9(7)15/h4-5,7,13H,1-3,11H2,(H,12,15)(H,14,16). The van der Waals surface area contributed by atoms with Crippen molar-refractivity contribution in [2.75, 3.05) is 12.3 Å². The summed E-state index contributed by atoms with van der Waals surface area (Å²) in [5.41, 5.74) is 6.36. The number of nitrogens with two attached hydrogens (primary N) is 1. The highest BCUT2D eigenvalue weighted by atomic mass is 16.2. The van der Waals surface area contributed by atoms with E-state index < -0.39 is 6.04 Å². The van der Waals surface area contributed by atoms with E-state index in [1.54, 1.807) is 0 Å². The number of hydrogen-bond donors (Lipinski definition) is 4. The first kappa shape index (κ1) is 10.5. The summed E-state index contributed by atoms with van der Waals surface area (Å²) < 4.78 is 0. The number of aromatic nitrogens is 1. The molecule has 2 amide bonds. The van der Waals surface area contributed by atoms with Crippen LogP contribution >= 0.6 is 0 Å². The monoisotopic (exact) mass is 222 g/mol. The van der Waals surface area contributed by atoms with Gasteiger partial charge in [0, 0.05) is 18.4 Å². The molecule has 0 aliphatic carbocycles. The number of piperidine rings is 1. The maximum atomic E-state index is 11.7. The number of aromatic amines is 1. The van der Waals surface area contributed by atoms with Crippen molar-refractivity contribution in [1.82, 2.24) is 15.6 Å². The summed E-state index contributed by atoms with van der Waals surface area (Å²) in [4.78, 5) is 25.8. The molecule has 0 radical (unpaired) electrons. The maximum Gasteiger partial charge on any atom is 0.268 e. The van der Waals surface area contributed by atoms with Gasteiger partial charge in [-0.15, -0.1) is 0 Å². The van der Waals surface area contributed by atoms with E-state index in [0.717, 1.165) is 6.42 Å². The molecule has 0 aromatic carbocycles. The summed E-state index contributed by atoms with van der Waals surface area (Å²) in [6, 6.07) is 1.10. The Morgan fingerprint density at radius 3 is 3.00 bits per heavy atom. The molecule has 1 unspecified atom stereocenters. The van der Waals surface area contributed by atoms with Gasteiger partial charge in [0.25, 0.3) is 5.91 Å². The van der Waals surface area contributed by atoms with E-state index in [0.29, 0.717) is 24.3 Å². The van der Waals surface area contributed by atoms with Crippen LogP contribution in [0.2, 0.25) is 0 Å². The number of nitrogen functional groups attached to an aromatic ring is 1. The number of carbonyl (C=O) groups excluding carboxylic acids is 2. The second-order valence-corrected chi connectivity index (χ2v) is 3.81. The lowest BCUT2D eigenvalue weighted by Crippen LogP contribution is -2.50. The molecule has 1 aromatic heterocycles. The van der Waals surface area contributed by atoms with Crippen LogP contribution in [0, 0.1) is 0 Å². The Morgan fingerprint density at radius 1 is 1.56 bits per heavy atom. The van der Waals surface area contributed by atoms with Gasteiger partial charge < -0.3 is 21.4 Å². The molecule has 2 rings (SSSR count). The summed E-state index contributed by atoms with van der Waals surface area (Å²) in [6.45, 7) is 0.681. The first-order valence-corrected chi connectivity index (χ1v) is 5.19. The lowest BCUT2D eigenvalue weighted by molar-refractivity contribution is -0.124. The summed E-state index contributed by atoms with van der Waals surface area (Å²) >= 11 is 0. The average molecular weight is 222 g/mol. The molecule has 0 bridgehead atoms. The summed E-state index contributed by atoms with van der Waals surface area (Å²) in [6.07, 6.45) is 3.09. The first-order valence-electron chi connectivity index (χ1n) is 5.19. The van der Waals surface area contributed by atoms with Gasteiger partial charge in [-0.3, -0.25) is 9.59 Å². The number of nitrogens with one attached hydrogen (secondary N) is 3.